The van der Waals surface area contributed by atoms with Crippen molar-refractivity contribution >= 4 is 16.7 Å². The number of rotatable bonds is 1. The average Bonchev–Trinajstić information content (AvgIpc) is 2.43. The van der Waals surface area contributed by atoms with Crippen LogP contribution in [0.1, 0.15) is 11.3 Å². The first-order valence-corrected chi connectivity index (χ1v) is 4.18. The van der Waals surface area contributed by atoms with Crippen LogP contribution in [0.2, 0.25) is 0 Å². The molecule has 2 rings (SSSR count). The number of fused-ring (bicyclic) bond motifs is 1. The van der Waals surface area contributed by atoms with Crippen molar-refractivity contribution in [2.45, 2.75) is 13.8 Å². The summed E-state index contributed by atoms with van der Waals surface area (Å²) in [7, 11) is 0. The number of hydrazine groups is 1. The fraction of sp³-hybridized carbons (Fsp3) is 0.200. The van der Waals surface area contributed by atoms with Gasteiger partial charge in [-0.15, -0.1) is 0 Å². The van der Waals surface area contributed by atoms with Crippen molar-refractivity contribution < 1.29 is 4.42 Å². The molecule has 1 heterocycles. The van der Waals surface area contributed by atoms with E-state index in [4.69, 9.17) is 10.3 Å². The number of hydrogen-bond donors (Lipinski definition) is 2. The number of furan rings is 1. The molecule has 0 spiro atoms. The molecule has 0 aliphatic heterocycles. The van der Waals surface area contributed by atoms with E-state index in [1.807, 2.05) is 32.0 Å². The first kappa shape index (κ1) is 8.13. The van der Waals surface area contributed by atoms with Gasteiger partial charge >= 0.3 is 0 Å². The summed E-state index contributed by atoms with van der Waals surface area (Å²) in [5, 5.41) is 1.12. The monoisotopic (exact) mass is 176 g/mol. The maximum atomic E-state index is 5.53. The van der Waals surface area contributed by atoms with Crippen LogP contribution in [0, 0.1) is 13.8 Å². The highest BCUT2D eigenvalue weighted by atomic mass is 16.3. The molecule has 3 nitrogen and oxygen atoms in total. The van der Waals surface area contributed by atoms with E-state index < -0.39 is 0 Å². The number of nitrogens with two attached hydrogens (primary N) is 1. The van der Waals surface area contributed by atoms with Crippen molar-refractivity contribution in [2.75, 3.05) is 5.43 Å². The number of benzene rings is 1. The molecule has 0 saturated carbocycles. The Morgan fingerprint density at radius 1 is 1.31 bits per heavy atom. The fourth-order valence-electron chi connectivity index (χ4n) is 1.43. The summed E-state index contributed by atoms with van der Waals surface area (Å²) >= 11 is 0. The van der Waals surface area contributed by atoms with Crippen LogP contribution in [0.3, 0.4) is 0 Å². The Bertz CT molecular complexity index is 445. The van der Waals surface area contributed by atoms with Gasteiger partial charge in [0, 0.05) is 11.1 Å². The third-order valence-corrected chi connectivity index (χ3v) is 2.34. The minimum atomic E-state index is 0.899. The first-order valence-electron chi connectivity index (χ1n) is 4.18. The van der Waals surface area contributed by atoms with Gasteiger partial charge in [0.1, 0.15) is 11.3 Å². The predicted octanol–water partition coefficient (Wildman–Crippen LogP) is 2.34. The highest BCUT2D eigenvalue weighted by Gasteiger charge is 2.06. The molecule has 0 radical (unpaired) electrons. The molecule has 1 aromatic carbocycles. The van der Waals surface area contributed by atoms with E-state index in [2.05, 4.69) is 5.43 Å². The third kappa shape index (κ3) is 1.17. The van der Waals surface area contributed by atoms with Gasteiger partial charge in [0.2, 0.25) is 0 Å². The van der Waals surface area contributed by atoms with Crippen LogP contribution >= 0.6 is 0 Å². The lowest BCUT2D eigenvalue weighted by Gasteiger charge is -1.98. The van der Waals surface area contributed by atoms with E-state index in [1.54, 1.807) is 0 Å². The molecule has 0 aliphatic rings. The smallest absolute Gasteiger partial charge is 0.134 e. The highest BCUT2D eigenvalue weighted by Crippen LogP contribution is 2.26. The van der Waals surface area contributed by atoms with Crippen molar-refractivity contribution in [2.24, 2.45) is 5.84 Å². The molecule has 0 bridgehead atoms. The van der Waals surface area contributed by atoms with E-state index in [0.29, 0.717) is 0 Å². The van der Waals surface area contributed by atoms with Crippen LogP contribution < -0.4 is 11.3 Å². The van der Waals surface area contributed by atoms with E-state index >= 15 is 0 Å². The molecule has 0 saturated heterocycles. The molecular weight excluding hydrogens is 164 g/mol. The molecule has 1 aromatic heterocycles. The second-order valence-electron chi connectivity index (χ2n) is 3.14. The zero-order chi connectivity index (χ0) is 9.42. The van der Waals surface area contributed by atoms with Gasteiger partial charge in [0.25, 0.3) is 0 Å². The lowest BCUT2D eigenvalue weighted by atomic mass is 10.1. The Kier molecular flexibility index (Phi) is 1.74. The van der Waals surface area contributed by atoms with Gasteiger partial charge in [-0.25, -0.2) is 0 Å². The number of nitrogen functional groups attached to an aromatic ring is 1. The minimum Gasteiger partial charge on any atom is -0.461 e. The second kappa shape index (κ2) is 2.78. The highest BCUT2D eigenvalue weighted by molar-refractivity contribution is 5.85. The summed E-state index contributed by atoms with van der Waals surface area (Å²) in [5.74, 6) is 6.28. The van der Waals surface area contributed by atoms with Crippen molar-refractivity contribution in [3.63, 3.8) is 0 Å². The standard InChI is InChI=1S/C10H12N2O/c1-6-7(2)13-10-4-3-8(12-11)5-9(6)10/h3-5,12H,11H2,1-2H3. The predicted molar refractivity (Wildman–Crippen MR) is 53.5 cm³/mol. The van der Waals surface area contributed by atoms with Crippen LogP contribution in [-0.2, 0) is 0 Å². The maximum Gasteiger partial charge on any atom is 0.134 e. The quantitative estimate of drug-likeness (QED) is 0.518. The summed E-state index contributed by atoms with van der Waals surface area (Å²) in [6.07, 6.45) is 0. The number of nitrogens with one attached hydrogen (secondary N) is 1. The van der Waals surface area contributed by atoms with E-state index in [0.717, 1.165) is 22.4 Å². The van der Waals surface area contributed by atoms with Crippen LogP contribution in [0.4, 0.5) is 5.69 Å². The number of anilines is 1. The summed E-state index contributed by atoms with van der Waals surface area (Å²) in [6, 6.07) is 5.80. The Morgan fingerprint density at radius 3 is 2.77 bits per heavy atom. The fourth-order valence-corrected chi connectivity index (χ4v) is 1.43. The normalized spacial score (nSPS) is 10.7. The zero-order valence-electron chi connectivity index (χ0n) is 7.72. The molecule has 0 unspecified atom stereocenters. The summed E-state index contributed by atoms with van der Waals surface area (Å²) in [6.45, 7) is 4.01. The Labute approximate surface area is 76.5 Å². The third-order valence-electron chi connectivity index (χ3n) is 2.34. The zero-order valence-corrected chi connectivity index (χ0v) is 7.72. The largest absolute Gasteiger partial charge is 0.461 e. The van der Waals surface area contributed by atoms with Gasteiger partial charge in [-0.05, 0) is 37.6 Å². The van der Waals surface area contributed by atoms with Gasteiger partial charge < -0.3 is 9.84 Å². The Morgan fingerprint density at radius 2 is 2.08 bits per heavy atom. The molecule has 13 heavy (non-hydrogen) atoms. The molecule has 3 N–H and O–H groups in total. The lowest BCUT2D eigenvalue weighted by Crippen LogP contribution is -2.05. The van der Waals surface area contributed by atoms with Crippen LogP contribution in [0.15, 0.2) is 22.6 Å². The molecule has 0 aliphatic carbocycles. The molecule has 68 valence electrons. The molecule has 0 fully saturated rings. The van der Waals surface area contributed by atoms with Gasteiger partial charge in [-0.2, -0.15) is 0 Å². The number of hydrogen-bond acceptors (Lipinski definition) is 3. The molecular formula is C10H12N2O. The van der Waals surface area contributed by atoms with Crippen LogP contribution in [0.5, 0.6) is 0 Å². The van der Waals surface area contributed by atoms with E-state index in [1.165, 1.54) is 5.56 Å². The lowest BCUT2D eigenvalue weighted by molar-refractivity contribution is 0.575. The first-order chi connectivity index (χ1) is 6.22. The van der Waals surface area contributed by atoms with Crippen LogP contribution in [-0.4, -0.2) is 0 Å². The van der Waals surface area contributed by atoms with Crippen molar-refractivity contribution in [1.29, 1.82) is 0 Å². The summed E-state index contributed by atoms with van der Waals surface area (Å²) in [4.78, 5) is 0. The van der Waals surface area contributed by atoms with E-state index in [9.17, 15) is 0 Å². The maximum absolute atomic E-state index is 5.53. The summed E-state index contributed by atoms with van der Waals surface area (Å²) in [5.41, 5.74) is 5.60. The SMILES string of the molecule is Cc1oc2ccc(NN)cc2c1C. The van der Waals surface area contributed by atoms with Crippen molar-refractivity contribution in [1.82, 2.24) is 0 Å². The Hall–Kier alpha value is -1.48. The molecule has 0 amide bonds. The Balaban J connectivity index is 2.75. The van der Waals surface area contributed by atoms with Gasteiger partial charge in [-0.1, -0.05) is 0 Å². The average molecular weight is 176 g/mol. The molecule has 2 aromatic rings. The number of aryl methyl sites for hydroxylation is 2. The van der Waals surface area contributed by atoms with Gasteiger partial charge in [-0.3, -0.25) is 5.84 Å². The topological polar surface area (TPSA) is 51.2 Å². The summed E-state index contributed by atoms with van der Waals surface area (Å²) < 4.78 is 5.53. The molecule has 3 heteroatoms. The molecule has 0 atom stereocenters. The van der Waals surface area contributed by atoms with Crippen molar-refractivity contribution in [3.8, 4) is 0 Å². The van der Waals surface area contributed by atoms with Crippen LogP contribution in [0.25, 0.3) is 11.0 Å². The second-order valence-corrected chi connectivity index (χ2v) is 3.14. The van der Waals surface area contributed by atoms with Crippen molar-refractivity contribution in [3.05, 3.63) is 29.5 Å². The van der Waals surface area contributed by atoms with Gasteiger partial charge in [0.15, 0.2) is 0 Å². The van der Waals surface area contributed by atoms with E-state index in [-0.39, 0.29) is 0 Å². The van der Waals surface area contributed by atoms with Gasteiger partial charge in [0.05, 0.1) is 0 Å². The minimum absolute atomic E-state index is 0.899.